The Morgan fingerprint density at radius 2 is 2.00 bits per heavy atom. The van der Waals surface area contributed by atoms with Crippen LogP contribution in [0.1, 0.15) is 24.9 Å². The van der Waals surface area contributed by atoms with Crippen LogP contribution in [0.5, 0.6) is 11.5 Å². The number of hydrogen-bond donors (Lipinski definition) is 1. The molecule has 0 bridgehead atoms. The number of piperidine rings is 1. The van der Waals surface area contributed by atoms with Crippen molar-refractivity contribution < 1.29 is 4.74 Å². The van der Waals surface area contributed by atoms with Crippen molar-refractivity contribution in [3.05, 3.63) is 53.1 Å². The second-order valence-corrected chi connectivity index (χ2v) is 6.67. The van der Waals surface area contributed by atoms with E-state index in [9.17, 15) is 0 Å². The van der Waals surface area contributed by atoms with Gasteiger partial charge in [0.1, 0.15) is 5.75 Å². The molecule has 22 heavy (non-hydrogen) atoms. The van der Waals surface area contributed by atoms with Crippen molar-refractivity contribution >= 4 is 17.3 Å². The van der Waals surface area contributed by atoms with Gasteiger partial charge in [-0.3, -0.25) is 0 Å². The molecule has 4 rings (SSSR count). The number of nitrogens with zero attached hydrogens (tertiary/aromatic N) is 1. The Bertz CT molecular complexity index is 718. The van der Waals surface area contributed by atoms with Gasteiger partial charge in [0.25, 0.3) is 0 Å². The summed E-state index contributed by atoms with van der Waals surface area (Å²) in [5.74, 6) is 2.22. The fourth-order valence-corrected chi connectivity index (χ4v) is 3.74. The van der Waals surface area contributed by atoms with Crippen molar-refractivity contribution in [3.63, 3.8) is 0 Å². The van der Waals surface area contributed by atoms with E-state index in [2.05, 4.69) is 24.0 Å². The molecule has 2 aliphatic heterocycles. The maximum Gasteiger partial charge on any atom is 0.150 e. The zero-order chi connectivity index (χ0) is 15.3. The number of halogens is 1. The minimum absolute atomic E-state index is 0.0726. The van der Waals surface area contributed by atoms with Crippen LogP contribution < -0.4 is 15.4 Å². The average Bonchev–Trinajstić information content (AvgIpc) is 2.65. The highest BCUT2D eigenvalue weighted by atomic mass is 35.5. The summed E-state index contributed by atoms with van der Waals surface area (Å²) in [6.45, 7) is 3.19. The van der Waals surface area contributed by atoms with Crippen LogP contribution in [-0.4, -0.2) is 12.6 Å². The number of benzene rings is 2. The summed E-state index contributed by atoms with van der Waals surface area (Å²) in [5, 5.41) is 0.722. The topological polar surface area (TPSA) is 38.5 Å². The SMILES string of the molecule is CC1CCN2c3cc(Cl)ccc3Oc3ccccc3[C@H]2[C@H]1N. The first-order valence-corrected chi connectivity index (χ1v) is 8.11. The zero-order valence-corrected chi connectivity index (χ0v) is 13.3. The molecule has 1 saturated heterocycles. The maximum absolute atomic E-state index is 6.58. The smallest absolute Gasteiger partial charge is 0.150 e. The van der Waals surface area contributed by atoms with Crippen LogP contribution in [0.3, 0.4) is 0 Å². The monoisotopic (exact) mass is 314 g/mol. The fraction of sp³-hybridized carbons (Fsp3) is 0.333. The standard InChI is InChI=1S/C18H19ClN2O/c1-11-8-9-21-14-10-12(19)6-7-16(14)22-15-5-3-2-4-13(15)18(21)17(11)20/h2-7,10-11,17-18H,8-9,20H2,1H3/t11?,17-,18-/m0/s1. The molecule has 0 aromatic heterocycles. The summed E-state index contributed by atoms with van der Waals surface area (Å²) < 4.78 is 6.18. The molecule has 1 fully saturated rings. The van der Waals surface area contributed by atoms with Crippen molar-refractivity contribution in [2.45, 2.75) is 25.4 Å². The highest BCUT2D eigenvalue weighted by Gasteiger charge is 2.39. The van der Waals surface area contributed by atoms with E-state index in [0.717, 1.165) is 40.7 Å². The molecule has 2 aromatic carbocycles. The fourth-order valence-electron chi connectivity index (χ4n) is 3.58. The number of nitrogens with two attached hydrogens (primary N) is 1. The first-order chi connectivity index (χ1) is 10.6. The molecular weight excluding hydrogens is 296 g/mol. The van der Waals surface area contributed by atoms with Gasteiger partial charge in [-0.2, -0.15) is 0 Å². The highest BCUT2D eigenvalue weighted by Crippen LogP contribution is 2.48. The van der Waals surface area contributed by atoms with Crippen LogP contribution in [-0.2, 0) is 0 Å². The quantitative estimate of drug-likeness (QED) is 0.785. The lowest BCUT2D eigenvalue weighted by molar-refractivity contribution is 0.312. The second-order valence-electron chi connectivity index (χ2n) is 6.23. The molecule has 0 amide bonds. The molecule has 0 spiro atoms. The van der Waals surface area contributed by atoms with Crippen molar-refractivity contribution in [1.29, 1.82) is 0 Å². The number of para-hydroxylation sites is 1. The molecule has 0 saturated carbocycles. The first kappa shape index (κ1) is 13.9. The minimum atomic E-state index is 0.0726. The van der Waals surface area contributed by atoms with Gasteiger partial charge >= 0.3 is 0 Å². The summed E-state index contributed by atoms with van der Waals surface area (Å²) in [7, 11) is 0. The molecule has 3 nitrogen and oxygen atoms in total. The van der Waals surface area contributed by atoms with E-state index in [4.69, 9.17) is 22.1 Å². The third kappa shape index (κ3) is 2.08. The van der Waals surface area contributed by atoms with Crippen molar-refractivity contribution in [2.75, 3.05) is 11.4 Å². The van der Waals surface area contributed by atoms with Crippen LogP contribution >= 0.6 is 11.6 Å². The lowest BCUT2D eigenvalue weighted by atomic mass is 9.83. The van der Waals surface area contributed by atoms with E-state index >= 15 is 0 Å². The lowest BCUT2D eigenvalue weighted by Gasteiger charge is -2.43. The van der Waals surface area contributed by atoms with Crippen LogP contribution in [0.4, 0.5) is 5.69 Å². The lowest BCUT2D eigenvalue weighted by Crippen LogP contribution is -2.50. The largest absolute Gasteiger partial charge is 0.455 e. The Kier molecular flexibility index (Phi) is 3.28. The molecule has 2 heterocycles. The molecule has 1 unspecified atom stereocenters. The minimum Gasteiger partial charge on any atom is -0.455 e. The summed E-state index contributed by atoms with van der Waals surface area (Å²) in [4.78, 5) is 2.36. The zero-order valence-electron chi connectivity index (χ0n) is 12.5. The molecular formula is C18H19ClN2O. The molecule has 2 N–H and O–H groups in total. The Morgan fingerprint density at radius 1 is 1.18 bits per heavy atom. The highest BCUT2D eigenvalue weighted by molar-refractivity contribution is 6.31. The number of anilines is 1. The Morgan fingerprint density at radius 3 is 2.86 bits per heavy atom. The van der Waals surface area contributed by atoms with E-state index in [0.29, 0.717) is 5.92 Å². The van der Waals surface area contributed by atoms with Crippen molar-refractivity contribution in [3.8, 4) is 11.5 Å². The summed E-state index contributed by atoms with van der Waals surface area (Å²) >= 11 is 6.22. The summed E-state index contributed by atoms with van der Waals surface area (Å²) in [6.07, 6.45) is 1.08. The number of rotatable bonds is 0. The van der Waals surface area contributed by atoms with E-state index in [-0.39, 0.29) is 12.1 Å². The van der Waals surface area contributed by atoms with Crippen molar-refractivity contribution in [2.24, 2.45) is 11.7 Å². The summed E-state index contributed by atoms with van der Waals surface area (Å²) in [5.41, 5.74) is 8.78. The maximum atomic E-state index is 6.58. The van der Waals surface area contributed by atoms with Gasteiger partial charge in [0.2, 0.25) is 0 Å². The van der Waals surface area contributed by atoms with Crippen LogP contribution in [0, 0.1) is 5.92 Å². The number of fused-ring (bicyclic) bond motifs is 5. The molecule has 0 aliphatic carbocycles. The molecule has 114 valence electrons. The van der Waals surface area contributed by atoms with E-state index in [1.807, 2.05) is 30.3 Å². The van der Waals surface area contributed by atoms with E-state index in [1.165, 1.54) is 0 Å². The third-order valence-corrected chi connectivity index (χ3v) is 5.11. The molecule has 2 aliphatic rings. The van der Waals surface area contributed by atoms with Gasteiger partial charge in [-0.15, -0.1) is 0 Å². The molecule has 4 heteroatoms. The second kappa shape index (κ2) is 5.18. The van der Waals surface area contributed by atoms with Gasteiger partial charge in [-0.25, -0.2) is 0 Å². The molecule has 3 atom stereocenters. The third-order valence-electron chi connectivity index (χ3n) is 4.87. The molecule has 2 aromatic rings. The Balaban J connectivity index is 1.94. The van der Waals surface area contributed by atoms with Gasteiger partial charge in [-0.1, -0.05) is 36.7 Å². The van der Waals surface area contributed by atoms with Crippen LogP contribution in [0.25, 0.3) is 0 Å². The normalized spacial score (nSPS) is 26.3. The molecule has 0 radical (unpaired) electrons. The van der Waals surface area contributed by atoms with Gasteiger partial charge in [0.15, 0.2) is 5.75 Å². The summed E-state index contributed by atoms with van der Waals surface area (Å²) in [6, 6.07) is 14.2. The average molecular weight is 315 g/mol. The number of ether oxygens (including phenoxy) is 1. The predicted molar refractivity (Wildman–Crippen MR) is 89.8 cm³/mol. The predicted octanol–water partition coefficient (Wildman–Crippen LogP) is 4.36. The number of hydrogen-bond acceptors (Lipinski definition) is 3. The van der Waals surface area contributed by atoms with Crippen molar-refractivity contribution in [1.82, 2.24) is 0 Å². The van der Waals surface area contributed by atoms with Gasteiger partial charge in [0.05, 0.1) is 11.7 Å². The van der Waals surface area contributed by atoms with E-state index < -0.39 is 0 Å². The van der Waals surface area contributed by atoms with Gasteiger partial charge in [0, 0.05) is 23.2 Å². The Labute approximate surface area is 135 Å². The van der Waals surface area contributed by atoms with Gasteiger partial charge in [-0.05, 0) is 36.6 Å². The van der Waals surface area contributed by atoms with Crippen LogP contribution in [0.2, 0.25) is 5.02 Å². The van der Waals surface area contributed by atoms with Crippen LogP contribution in [0.15, 0.2) is 42.5 Å². The van der Waals surface area contributed by atoms with E-state index in [1.54, 1.807) is 0 Å². The van der Waals surface area contributed by atoms with Gasteiger partial charge < -0.3 is 15.4 Å². The Hall–Kier alpha value is -1.71. The first-order valence-electron chi connectivity index (χ1n) is 7.73.